The summed E-state index contributed by atoms with van der Waals surface area (Å²) >= 11 is 0. The van der Waals surface area contributed by atoms with Crippen molar-refractivity contribution in [3.05, 3.63) is 24.3 Å². The van der Waals surface area contributed by atoms with E-state index in [9.17, 15) is 22.6 Å². The Morgan fingerprint density at radius 1 is 0.968 bits per heavy atom. The summed E-state index contributed by atoms with van der Waals surface area (Å²) in [5.74, 6) is -0.650. The monoisotopic (exact) mass is 455 g/mol. The highest BCUT2D eigenvalue weighted by molar-refractivity contribution is 7.86. The van der Waals surface area contributed by atoms with Crippen molar-refractivity contribution < 1.29 is 27.3 Å². The van der Waals surface area contributed by atoms with E-state index >= 15 is 0 Å². The fraction of sp³-hybridized carbons (Fsp3) is 0.652. The van der Waals surface area contributed by atoms with Crippen LogP contribution < -0.4 is 10.1 Å². The van der Waals surface area contributed by atoms with E-state index in [0.717, 1.165) is 32.1 Å². The largest absolute Gasteiger partial charge is 0.425 e. The van der Waals surface area contributed by atoms with Gasteiger partial charge < -0.3 is 10.1 Å². The van der Waals surface area contributed by atoms with Gasteiger partial charge in [0.25, 0.3) is 10.1 Å². The zero-order valence-corrected chi connectivity index (χ0v) is 19.6. The number of nitrogens with one attached hydrogen (secondary N) is 1. The quantitative estimate of drug-likeness (QED) is 0.156. The molecule has 1 amide bonds. The number of esters is 1. The lowest BCUT2D eigenvalue weighted by Gasteiger charge is -2.17. The normalized spacial score (nSPS) is 12.4. The van der Waals surface area contributed by atoms with Crippen molar-refractivity contribution in [1.29, 1.82) is 0 Å². The summed E-state index contributed by atoms with van der Waals surface area (Å²) in [6, 6.07) is 5.55. The average molecular weight is 456 g/mol. The molecule has 176 valence electrons. The Morgan fingerprint density at radius 2 is 1.61 bits per heavy atom. The van der Waals surface area contributed by atoms with Crippen molar-refractivity contribution in [2.75, 3.05) is 0 Å². The van der Waals surface area contributed by atoms with Crippen LogP contribution in [0.3, 0.4) is 0 Å². The lowest BCUT2D eigenvalue weighted by atomic mass is 10.0. The number of hydrogen-bond donors (Lipinski definition) is 2. The molecule has 0 fully saturated rings. The van der Waals surface area contributed by atoms with Crippen LogP contribution in [-0.4, -0.2) is 30.9 Å². The van der Waals surface area contributed by atoms with Gasteiger partial charge in [-0.25, -0.2) is 0 Å². The molecule has 0 aliphatic carbocycles. The van der Waals surface area contributed by atoms with E-state index in [4.69, 9.17) is 4.74 Å². The van der Waals surface area contributed by atoms with Gasteiger partial charge in [0.2, 0.25) is 5.91 Å². The van der Waals surface area contributed by atoms with Crippen LogP contribution in [0.2, 0.25) is 0 Å². The summed E-state index contributed by atoms with van der Waals surface area (Å²) in [5.41, 5.74) is 0. The fourth-order valence-corrected chi connectivity index (χ4v) is 3.94. The van der Waals surface area contributed by atoms with Crippen molar-refractivity contribution in [3.63, 3.8) is 0 Å². The summed E-state index contributed by atoms with van der Waals surface area (Å²) in [6.45, 7) is 4.21. The minimum absolute atomic E-state index is 0.0866. The molecule has 7 nitrogen and oxygen atoms in total. The third kappa shape index (κ3) is 11.9. The molecule has 0 aliphatic rings. The Hall–Kier alpha value is -1.93. The number of para-hydroxylation sites is 1. The predicted molar refractivity (Wildman–Crippen MR) is 121 cm³/mol. The van der Waals surface area contributed by atoms with E-state index < -0.39 is 21.0 Å². The molecule has 0 radical (unpaired) electrons. The number of rotatable bonds is 16. The fourth-order valence-electron chi connectivity index (χ4n) is 3.33. The van der Waals surface area contributed by atoms with Gasteiger partial charge in [-0.15, -0.1) is 0 Å². The number of amides is 1. The molecule has 0 bridgehead atoms. The highest BCUT2D eigenvalue weighted by Gasteiger charge is 2.18. The first-order valence-corrected chi connectivity index (χ1v) is 12.8. The number of ether oxygens (including phenoxy) is 1. The first kappa shape index (κ1) is 27.1. The molecule has 1 rings (SSSR count). The van der Waals surface area contributed by atoms with Gasteiger partial charge in [0.15, 0.2) is 5.75 Å². The van der Waals surface area contributed by atoms with Crippen LogP contribution in [0.5, 0.6) is 5.75 Å². The van der Waals surface area contributed by atoms with Crippen LogP contribution >= 0.6 is 0 Å². The number of benzene rings is 1. The second-order valence-electron chi connectivity index (χ2n) is 7.83. The van der Waals surface area contributed by atoms with E-state index in [-0.39, 0.29) is 24.1 Å². The van der Waals surface area contributed by atoms with Gasteiger partial charge in [0.1, 0.15) is 4.90 Å². The van der Waals surface area contributed by atoms with Gasteiger partial charge >= 0.3 is 5.97 Å². The van der Waals surface area contributed by atoms with Gasteiger partial charge in [0, 0.05) is 18.9 Å². The lowest BCUT2D eigenvalue weighted by molar-refractivity contribution is -0.134. The molecule has 1 aromatic carbocycles. The van der Waals surface area contributed by atoms with E-state index in [0.29, 0.717) is 12.8 Å². The SMILES string of the molecule is CCCCCCCCC(=O)NC(CC)CCCCC(=O)Oc1ccccc1S(=O)(=O)O. The minimum atomic E-state index is -4.46. The molecule has 0 saturated heterocycles. The molecule has 1 aromatic rings. The molecule has 8 heteroatoms. The molecule has 0 heterocycles. The molecule has 0 aromatic heterocycles. The zero-order valence-electron chi connectivity index (χ0n) is 18.8. The maximum atomic E-state index is 12.1. The predicted octanol–water partition coefficient (Wildman–Crippen LogP) is 5.04. The van der Waals surface area contributed by atoms with Crippen LogP contribution in [0.15, 0.2) is 29.2 Å². The summed E-state index contributed by atoms with van der Waals surface area (Å²) in [7, 11) is -4.46. The van der Waals surface area contributed by atoms with E-state index in [1.54, 1.807) is 0 Å². The topological polar surface area (TPSA) is 110 Å². The number of hydrogen-bond acceptors (Lipinski definition) is 5. The minimum Gasteiger partial charge on any atom is -0.425 e. The van der Waals surface area contributed by atoms with Crippen LogP contribution in [0.25, 0.3) is 0 Å². The van der Waals surface area contributed by atoms with Crippen molar-refractivity contribution in [1.82, 2.24) is 5.32 Å². The first-order chi connectivity index (χ1) is 14.8. The van der Waals surface area contributed by atoms with Crippen LogP contribution in [0, 0.1) is 0 Å². The Morgan fingerprint density at radius 3 is 2.29 bits per heavy atom. The van der Waals surface area contributed by atoms with Crippen molar-refractivity contribution in [2.24, 2.45) is 0 Å². The Kier molecular flexibility index (Phi) is 13.1. The third-order valence-corrected chi connectivity index (χ3v) is 6.04. The third-order valence-electron chi connectivity index (χ3n) is 5.15. The molecule has 1 unspecified atom stereocenters. The van der Waals surface area contributed by atoms with Crippen LogP contribution in [0.1, 0.15) is 90.9 Å². The van der Waals surface area contributed by atoms with Crippen LogP contribution in [-0.2, 0) is 19.7 Å². The first-order valence-electron chi connectivity index (χ1n) is 11.3. The van der Waals surface area contributed by atoms with E-state index in [2.05, 4.69) is 12.2 Å². The average Bonchev–Trinajstić information content (AvgIpc) is 2.72. The van der Waals surface area contributed by atoms with Crippen molar-refractivity contribution in [2.45, 2.75) is 102 Å². The highest BCUT2D eigenvalue weighted by Crippen LogP contribution is 2.23. The number of unbranched alkanes of at least 4 members (excludes halogenated alkanes) is 6. The standard InChI is InChI=1S/C23H37NO6S/c1-3-5-6-7-8-9-17-22(25)24-19(4-2)14-10-13-18-23(26)30-20-15-11-12-16-21(20)31(27,28)29/h11-12,15-16,19H,3-10,13-14,17-18H2,1-2H3,(H,24,25)(H,27,28,29). The molecule has 1 atom stereocenters. The van der Waals surface area contributed by atoms with Crippen LogP contribution in [0.4, 0.5) is 0 Å². The Bertz CT molecular complexity index is 778. The second kappa shape index (κ2) is 15.0. The molecular formula is C23H37NO6S. The molecule has 0 aliphatic heterocycles. The van der Waals surface area contributed by atoms with E-state index in [1.165, 1.54) is 49.9 Å². The Balaban J connectivity index is 2.28. The van der Waals surface area contributed by atoms with Crippen molar-refractivity contribution >= 4 is 22.0 Å². The van der Waals surface area contributed by atoms with Crippen molar-refractivity contribution in [3.8, 4) is 5.75 Å². The smallest absolute Gasteiger partial charge is 0.311 e. The summed E-state index contributed by atoms with van der Waals surface area (Å²) < 4.78 is 37.0. The summed E-state index contributed by atoms with van der Waals surface area (Å²) in [6.07, 6.45) is 10.5. The molecular weight excluding hydrogens is 418 g/mol. The maximum absolute atomic E-state index is 12.1. The van der Waals surface area contributed by atoms with Gasteiger partial charge in [-0.1, -0.05) is 64.5 Å². The molecule has 0 saturated carbocycles. The number of carbonyl (C=O) groups is 2. The zero-order chi connectivity index (χ0) is 23.1. The molecule has 2 N–H and O–H groups in total. The maximum Gasteiger partial charge on any atom is 0.311 e. The Labute approximate surface area is 186 Å². The lowest BCUT2D eigenvalue weighted by Crippen LogP contribution is -2.34. The summed E-state index contributed by atoms with van der Waals surface area (Å²) in [4.78, 5) is 23.7. The number of carbonyl (C=O) groups excluding carboxylic acids is 2. The van der Waals surface area contributed by atoms with Gasteiger partial charge in [0.05, 0.1) is 0 Å². The molecule has 31 heavy (non-hydrogen) atoms. The van der Waals surface area contributed by atoms with Gasteiger partial charge in [-0.3, -0.25) is 14.1 Å². The molecule has 0 spiro atoms. The highest BCUT2D eigenvalue weighted by atomic mass is 32.2. The second-order valence-corrected chi connectivity index (χ2v) is 9.22. The summed E-state index contributed by atoms with van der Waals surface area (Å²) in [5, 5.41) is 3.07. The van der Waals surface area contributed by atoms with Gasteiger partial charge in [-0.2, -0.15) is 8.42 Å². The van der Waals surface area contributed by atoms with E-state index in [1.807, 2.05) is 6.92 Å². The van der Waals surface area contributed by atoms with Gasteiger partial charge in [-0.05, 0) is 37.8 Å².